The van der Waals surface area contributed by atoms with E-state index in [1.165, 1.54) is 0 Å². The molecule has 4 aromatic rings. The van der Waals surface area contributed by atoms with E-state index in [4.69, 9.17) is 9.72 Å². The van der Waals surface area contributed by atoms with E-state index in [-0.39, 0.29) is 5.91 Å². The Morgan fingerprint density at radius 3 is 2.23 bits per heavy atom. The summed E-state index contributed by atoms with van der Waals surface area (Å²) in [4.78, 5) is 26.4. The molecule has 0 spiro atoms. The second-order valence-corrected chi connectivity index (χ2v) is 9.94. The third kappa shape index (κ3) is 6.50. The van der Waals surface area contributed by atoms with Gasteiger partial charge in [-0.15, -0.1) is 0 Å². The van der Waals surface area contributed by atoms with Crippen molar-refractivity contribution in [3.8, 4) is 16.9 Å². The van der Waals surface area contributed by atoms with Gasteiger partial charge in [-0.25, -0.2) is 4.98 Å². The van der Waals surface area contributed by atoms with Crippen LogP contribution < -0.4 is 9.64 Å². The van der Waals surface area contributed by atoms with Gasteiger partial charge in [0, 0.05) is 56.3 Å². The quantitative estimate of drug-likeness (QED) is 0.271. The lowest BCUT2D eigenvalue weighted by atomic mass is 9.98. The van der Waals surface area contributed by atoms with Crippen LogP contribution >= 0.6 is 0 Å². The summed E-state index contributed by atoms with van der Waals surface area (Å²) < 4.78 is 7.79. The van der Waals surface area contributed by atoms with Gasteiger partial charge < -0.3 is 9.64 Å². The lowest BCUT2D eigenvalue weighted by Crippen LogP contribution is -2.46. The molecule has 1 saturated heterocycles. The third-order valence-electron chi connectivity index (χ3n) is 6.79. The molecule has 0 atom stereocenters. The molecule has 8 nitrogen and oxygen atoms in total. The van der Waals surface area contributed by atoms with E-state index < -0.39 is 0 Å². The number of carbonyl (C=O) groups is 1. The van der Waals surface area contributed by atoms with Crippen LogP contribution in [0, 0.1) is 26.7 Å². The average Bonchev–Trinajstić information content (AvgIpc) is 3.36. The molecule has 1 aliphatic heterocycles. The van der Waals surface area contributed by atoms with E-state index in [1.54, 1.807) is 22.7 Å². The molecule has 8 heteroatoms. The number of hydrogen-bond donors (Lipinski definition) is 0. The standard InChI is InChI=1S/C28H32N6O2.2C2H6/c1-17-8-26-25(9-24(17)22-11-31-33(6)15-22)27(19(3)10-29-26)34(20(4)35)28-18(2)7-23(12-30-28)36-16-21-13-32(5)14-21;2*1-2/h7-12,15,21H,13-14,16H2,1-6H3;2*1-2H3. The molecule has 0 unspecified atom stereocenters. The Bertz CT molecular complexity index is 1460. The van der Waals surface area contributed by atoms with E-state index in [2.05, 4.69) is 41.1 Å². The Balaban J connectivity index is 0.00000106. The summed E-state index contributed by atoms with van der Waals surface area (Å²) in [5, 5.41) is 5.23. The van der Waals surface area contributed by atoms with Gasteiger partial charge in [-0.2, -0.15) is 5.10 Å². The van der Waals surface area contributed by atoms with Gasteiger partial charge in [0.15, 0.2) is 0 Å². The fraction of sp³-hybridized carbons (Fsp3) is 0.438. The molecule has 1 aliphatic rings. The summed E-state index contributed by atoms with van der Waals surface area (Å²) in [6.45, 7) is 18.4. The molecule has 0 radical (unpaired) electrons. The maximum atomic E-state index is 13.1. The van der Waals surface area contributed by atoms with Crippen LogP contribution in [0.25, 0.3) is 22.0 Å². The molecular weight excluding hydrogens is 500 g/mol. The van der Waals surface area contributed by atoms with Gasteiger partial charge >= 0.3 is 0 Å². The van der Waals surface area contributed by atoms with Crippen molar-refractivity contribution in [2.24, 2.45) is 13.0 Å². The largest absolute Gasteiger partial charge is 0.492 e. The first-order valence-corrected chi connectivity index (χ1v) is 14.2. The Kier molecular flexibility index (Phi) is 10.4. The number of pyridine rings is 2. The number of benzene rings is 1. The molecule has 3 aromatic heterocycles. The highest BCUT2D eigenvalue weighted by molar-refractivity contribution is 6.08. The summed E-state index contributed by atoms with van der Waals surface area (Å²) in [5.74, 6) is 1.75. The Morgan fingerprint density at radius 2 is 1.65 bits per heavy atom. The SMILES string of the molecule is CC.CC.CC(=O)N(c1ncc(OCC2CN(C)C2)cc1C)c1c(C)cnc2cc(C)c(-c3cnn(C)c3)cc12. The molecule has 4 heterocycles. The molecule has 1 aromatic carbocycles. The lowest BCUT2D eigenvalue weighted by molar-refractivity contribution is -0.115. The van der Waals surface area contributed by atoms with E-state index in [0.717, 1.165) is 63.2 Å². The molecule has 0 aliphatic carbocycles. The number of amides is 1. The fourth-order valence-electron chi connectivity index (χ4n) is 5.01. The van der Waals surface area contributed by atoms with E-state index in [0.29, 0.717) is 18.3 Å². The normalized spacial score (nSPS) is 13.1. The predicted molar refractivity (Wildman–Crippen MR) is 164 cm³/mol. The summed E-state index contributed by atoms with van der Waals surface area (Å²) in [6.07, 6.45) is 7.38. The fourth-order valence-corrected chi connectivity index (χ4v) is 5.01. The topological polar surface area (TPSA) is 76.4 Å². The zero-order chi connectivity index (χ0) is 29.6. The lowest BCUT2D eigenvalue weighted by Gasteiger charge is -2.35. The molecule has 0 saturated carbocycles. The maximum absolute atomic E-state index is 13.1. The summed E-state index contributed by atoms with van der Waals surface area (Å²) in [5.41, 5.74) is 6.57. The van der Waals surface area contributed by atoms with Crippen LogP contribution in [-0.2, 0) is 11.8 Å². The van der Waals surface area contributed by atoms with E-state index in [9.17, 15) is 4.79 Å². The van der Waals surface area contributed by atoms with Crippen LogP contribution in [0.15, 0.2) is 43.0 Å². The van der Waals surface area contributed by atoms with E-state index in [1.807, 2.05) is 73.2 Å². The maximum Gasteiger partial charge on any atom is 0.229 e. The molecule has 1 amide bonds. The Hall–Kier alpha value is -3.78. The first-order valence-electron chi connectivity index (χ1n) is 14.2. The number of ether oxygens (including phenoxy) is 1. The first-order chi connectivity index (χ1) is 19.2. The second kappa shape index (κ2) is 13.5. The van der Waals surface area contributed by atoms with Crippen molar-refractivity contribution in [3.05, 3.63) is 59.7 Å². The average molecular weight is 545 g/mol. The minimum absolute atomic E-state index is 0.115. The zero-order valence-corrected chi connectivity index (χ0v) is 25.7. The predicted octanol–water partition coefficient (Wildman–Crippen LogP) is 6.63. The highest BCUT2D eigenvalue weighted by atomic mass is 16.5. The van der Waals surface area contributed by atoms with Crippen molar-refractivity contribution in [1.29, 1.82) is 0 Å². The van der Waals surface area contributed by atoms with Crippen LogP contribution in [0.4, 0.5) is 11.5 Å². The highest BCUT2D eigenvalue weighted by Gasteiger charge is 2.25. The molecule has 0 N–H and O–H groups in total. The van der Waals surface area contributed by atoms with Gasteiger partial charge in [0.2, 0.25) is 5.91 Å². The number of hydrogen-bond acceptors (Lipinski definition) is 6. The molecule has 1 fully saturated rings. The minimum atomic E-state index is -0.115. The van der Waals surface area contributed by atoms with Gasteiger partial charge in [0.05, 0.1) is 30.2 Å². The first kappa shape index (κ1) is 30.8. The van der Waals surface area contributed by atoms with Gasteiger partial charge in [-0.05, 0) is 68.3 Å². The smallest absolute Gasteiger partial charge is 0.229 e. The van der Waals surface area contributed by atoms with Crippen molar-refractivity contribution in [3.63, 3.8) is 0 Å². The minimum Gasteiger partial charge on any atom is -0.492 e. The number of fused-ring (bicyclic) bond motifs is 1. The number of aromatic nitrogens is 4. The van der Waals surface area contributed by atoms with Gasteiger partial charge in [0.25, 0.3) is 0 Å². The van der Waals surface area contributed by atoms with Gasteiger partial charge in [0.1, 0.15) is 11.6 Å². The van der Waals surface area contributed by atoms with Gasteiger partial charge in [-0.1, -0.05) is 27.7 Å². The zero-order valence-electron chi connectivity index (χ0n) is 25.7. The highest BCUT2D eigenvalue weighted by Crippen LogP contribution is 2.38. The molecule has 5 rings (SSSR count). The number of aryl methyl sites for hydroxylation is 4. The van der Waals surface area contributed by atoms with E-state index >= 15 is 0 Å². The number of anilines is 2. The number of likely N-dealkylation sites (tertiary alicyclic amines) is 1. The van der Waals surface area contributed by atoms with Crippen LogP contribution in [0.1, 0.15) is 51.3 Å². The van der Waals surface area contributed by atoms with Crippen LogP contribution in [-0.4, -0.2) is 57.3 Å². The molecule has 214 valence electrons. The van der Waals surface area contributed by atoms with Crippen molar-refractivity contribution in [1.82, 2.24) is 24.6 Å². The number of carbonyl (C=O) groups excluding carboxylic acids is 1. The summed E-state index contributed by atoms with van der Waals surface area (Å²) in [6, 6.07) is 6.13. The molecular formula is C32H44N6O2. The number of rotatable bonds is 6. The third-order valence-corrected chi connectivity index (χ3v) is 6.79. The molecule has 40 heavy (non-hydrogen) atoms. The summed E-state index contributed by atoms with van der Waals surface area (Å²) in [7, 11) is 4.01. The Labute approximate surface area is 239 Å². The van der Waals surface area contributed by atoms with Crippen molar-refractivity contribution < 1.29 is 9.53 Å². The van der Waals surface area contributed by atoms with Crippen LogP contribution in [0.5, 0.6) is 5.75 Å². The van der Waals surface area contributed by atoms with Crippen molar-refractivity contribution in [2.45, 2.75) is 55.4 Å². The van der Waals surface area contributed by atoms with Gasteiger partial charge in [-0.3, -0.25) is 19.4 Å². The Morgan fingerprint density at radius 1 is 0.950 bits per heavy atom. The molecule has 0 bridgehead atoms. The monoisotopic (exact) mass is 544 g/mol. The van der Waals surface area contributed by atoms with Crippen LogP contribution in [0.3, 0.4) is 0 Å². The summed E-state index contributed by atoms with van der Waals surface area (Å²) >= 11 is 0. The van der Waals surface area contributed by atoms with Crippen molar-refractivity contribution >= 4 is 28.3 Å². The van der Waals surface area contributed by atoms with Crippen LogP contribution in [0.2, 0.25) is 0 Å². The van der Waals surface area contributed by atoms with Crippen molar-refractivity contribution in [2.75, 3.05) is 31.6 Å². The number of nitrogens with zero attached hydrogens (tertiary/aromatic N) is 6. The second-order valence-electron chi connectivity index (χ2n) is 9.94.